The summed E-state index contributed by atoms with van der Waals surface area (Å²) in [5.74, 6) is 0. The largest absolute Gasteiger partial charge is 0.287 e. The van der Waals surface area contributed by atoms with E-state index in [1.165, 1.54) is 36.9 Å². The lowest BCUT2D eigenvalue weighted by atomic mass is 9.58. The molecule has 138 valence electrons. The van der Waals surface area contributed by atoms with Crippen LogP contribution >= 0.6 is 0 Å². The first-order valence-corrected chi connectivity index (χ1v) is 10.2. The number of nitrogens with zero attached hydrogens (tertiary/aromatic N) is 1. The Hall–Kier alpha value is -1.60. The van der Waals surface area contributed by atoms with Crippen molar-refractivity contribution in [3.05, 3.63) is 70.8 Å². The second-order valence-corrected chi connectivity index (χ2v) is 9.70. The van der Waals surface area contributed by atoms with Gasteiger partial charge in [0.25, 0.3) is 0 Å². The minimum Gasteiger partial charge on any atom is -0.287 e. The van der Waals surface area contributed by atoms with E-state index in [0.717, 1.165) is 6.42 Å². The van der Waals surface area contributed by atoms with Gasteiger partial charge in [-0.05, 0) is 68.6 Å². The average Bonchev–Trinajstić information content (AvgIpc) is 2.59. The van der Waals surface area contributed by atoms with Gasteiger partial charge >= 0.3 is 0 Å². The number of fused-ring (bicyclic) bond motifs is 3. The van der Waals surface area contributed by atoms with Crippen LogP contribution in [0.2, 0.25) is 0 Å². The molecule has 0 N–H and O–H groups in total. The van der Waals surface area contributed by atoms with Crippen molar-refractivity contribution in [2.75, 3.05) is 6.54 Å². The number of piperidine rings is 1. The van der Waals surface area contributed by atoms with Crippen LogP contribution in [0, 0.1) is 12.3 Å². The molecule has 2 aliphatic heterocycles. The van der Waals surface area contributed by atoms with E-state index in [1.807, 2.05) is 0 Å². The third kappa shape index (κ3) is 2.55. The van der Waals surface area contributed by atoms with E-state index >= 15 is 0 Å². The quantitative estimate of drug-likeness (QED) is 0.655. The highest BCUT2D eigenvalue weighted by Gasteiger charge is 2.56. The summed E-state index contributed by atoms with van der Waals surface area (Å²) in [6.45, 7) is 13.3. The fourth-order valence-corrected chi connectivity index (χ4v) is 5.46. The minimum absolute atomic E-state index is 0.127. The van der Waals surface area contributed by atoms with Crippen LogP contribution < -0.4 is 0 Å². The Morgan fingerprint density at radius 1 is 0.923 bits per heavy atom. The molecule has 1 saturated heterocycles. The zero-order chi connectivity index (χ0) is 18.6. The lowest BCUT2D eigenvalue weighted by molar-refractivity contribution is -0.126. The smallest absolute Gasteiger partial charge is 0.0509 e. The summed E-state index contributed by atoms with van der Waals surface area (Å²) in [4.78, 5) is 2.87. The Morgan fingerprint density at radius 2 is 1.65 bits per heavy atom. The Bertz CT molecular complexity index is 802. The maximum absolute atomic E-state index is 2.87. The molecule has 0 aliphatic carbocycles. The van der Waals surface area contributed by atoms with Crippen molar-refractivity contribution >= 4 is 0 Å². The molecule has 0 bridgehead atoms. The topological polar surface area (TPSA) is 3.24 Å². The van der Waals surface area contributed by atoms with Crippen LogP contribution in [0.3, 0.4) is 0 Å². The Morgan fingerprint density at radius 3 is 2.38 bits per heavy atom. The summed E-state index contributed by atoms with van der Waals surface area (Å²) in [6, 6.07) is 18.3. The molecule has 2 aliphatic rings. The highest BCUT2D eigenvalue weighted by atomic mass is 15.3. The minimum atomic E-state index is 0.127. The lowest BCUT2D eigenvalue weighted by Gasteiger charge is -2.64. The number of benzene rings is 2. The monoisotopic (exact) mass is 347 g/mol. The third-order valence-corrected chi connectivity index (χ3v) is 7.72. The fraction of sp³-hybridized carbons (Fsp3) is 0.520. The number of hydrogen-bond acceptors (Lipinski definition) is 1. The summed E-state index contributed by atoms with van der Waals surface area (Å²) < 4.78 is 0. The van der Waals surface area contributed by atoms with Crippen LogP contribution in [0.4, 0.5) is 0 Å². The first-order valence-electron chi connectivity index (χ1n) is 10.2. The highest BCUT2D eigenvalue weighted by Crippen LogP contribution is 2.56. The number of hydrogen-bond donors (Lipinski definition) is 0. The zero-order valence-corrected chi connectivity index (χ0v) is 17.1. The van der Waals surface area contributed by atoms with Crippen LogP contribution in [0.15, 0.2) is 48.5 Å². The lowest BCUT2D eigenvalue weighted by Crippen LogP contribution is -2.68. The molecule has 26 heavy (non-hydrogen) atoms. The molecule has 1 nitrogen and oxygen atoms in total. The van der Waals surface area contributed by atoms with Gasteiger partial charge in [0.1, 0.15) is 0 Å². The first-order chi connectivity index (χ1) is 12.3. The predicted octanol–water partition coefficient (Wildman–Crippen LogP) is 5.89. The Labute approximate surface area is 159 Å². The molecule has 1 fully saturated rings. The molecule has 0 spiro atoms. The van der Waals surface area contributed by atoms with Gasteiger partial charge in [0.2, 0.25) is 0 Å². The number of rotatable bonds is 2. The zero-order valence-electron chi connectivity index (χ0n) is 17.1. The van der Waals surface area contributed by atoms with E-state index in [2.05, 4.69) is 88.0 Å². The van der Waals surface area contributed by atoms with Crippen molar-refractivity contribution in [2.45, 2.75) is 71.4 Å². The molecule has 2 aromatic rings. The van der Waals surface area contributed by atoms with Gasteiger partial charge in [0.15, 0.2) is 0 Å². The van der Waals surface area contributed by atoms with E-state index in [4.69, 9.17) is 0 Å². The molecular weight excluding hydrogens is 314 g/mol. The van der Waals surface area contributed by atoms with Crippen molar-refractivity contribution < 1.29 is 0 Å². The van der Waals surface area contributed by atoms with Gasteiger partial charge in [0, 0.05) is 12.1 Å². The van der Waals surface area contributed by atoms with Crippen molar-refractivity contribution in [1.82, 2.24) is 4.90 Å². The summed E-state index contributed by atoms with van der Waals surface area (Å²) >= 11 is 0. The van der Waals surface area contributed by atoms with Gasteiger partial charge in [-0.3, -0.25) is 4.90 Å². The Balaban J connectivity index is 1.89. The molecule has 1 atom stereocenters. The van der Waals surface area contributed by atoms with E-state index in [0.29, 0.717) is 5.41 Å². The summed E-state index contributed by atoms with van der Waals surface area (Å²) in [7, 11) is 0. The summed E-state index contributed by atoms with van der Waals surface area (Å²) in [6.07, 6.45) is 4.81. The van der Waals surface area contributed by atoms with Gasteiger partial charge in [-0.15, -0.1) is 0 Å². The second kappa shape index (κ2) is 5.96. The standard InChI is InChI=1S/C25H33N/c1-19-11-12-22-21(17-19)13-16-26-24(4,5)23(2,3)14-15-25(22,26)18-20-9-7-6-8-10-20/h6-12,17H,13-16,18H2,1-5H3. The maximum atomic E-state index is 2.87. The fourth-order valence-electron chi connectivity index (χ4n) is 5.46. The third-order valence-electron chi connectivity index (χ3n) is 7.72. The molecule has 0 radical (unpaired) electrons. The second-order valence-electron chi connectivity index (χ2n) is 9.70. The molecule has 0 amide bonds. The molecule has 4 rings (SSSR count). The predicted molar refractivity (Wildman–Crippen MR) is 111 cm³/mol. The van der Waals surface area contributed by atoms with E-state index in [-0.39, 0.29) is 11.1 Å². The van der Waals surface area contributed by atoms with Gasteiger partial charge < -0.3 is 0 Å². The van der Waals surface area contributed by atoms with Crippen LogP contribution in [0.5, 0.6) is 0 Å². The van der Waals surface area contributed by atoms with Crippen LogP contribution in [-0.4, -0.2) is 17.0 Å². The van der Waals surface area contributed by atoms with Gasteiger partial charge in [-0.1, -0.05) is 67.9 Å². The molecule has 2 aromatic carbocycles. The van der Waals surface area contributed by atoms with Crippen LogP contribution in [0.1, 0.15) is 62.8 Å². The Kier molecular flexibility index (Phi) is 4.08. The van der Waals surface area contributed by atoms with Gasteiger partial charge in [-0.2, -0.15) is 0 Å². The van der Waals surface area contributed by atoms with Gasteiger partial charge in [0.05, 0.1) is 5.54 Å². The SMILES string of the molecule is Cc1ccc2c(c1)CCN1C2(Cc2ccccc2)CCC(C)(C)C1(C)C. The summed E-state index contributed by atoms with van der Waals surface area (Å²) in [5.41, 5.74) is 6.65. The normalized spacial score (nSPS) is 26.8. The van der Waals surface area contributed by atoms with Crippen LogP contribution in [-0.2, 0) is 18.4 Å². The van der Waals surface area contributed by atoms with Crippen LogP contribution in [0.25, 0.3) is 0 Å². The van der Waals surface area contributed by atoms with E-state index in [9.17, 15) is 0 Å². The molecule has 1 unspecified atom stereocenters. The van der Waals surface area contributed by atoms with Crippen molar-refractivity contribution in [1.29, 1.82) is 0 Å². The van der Waals surface area contributed by atoms with Crippen molar-refractivity contribution in [3.63, 3.8) is 0 Å². The summed E-state index contributed by atoms with van der Waals surface area (Å²) in [5, 5.41) is 0. The average molecular weight is 348 g/mol. The van der Waals surface area contributed by atoms with Crippen molar-refractivity contribution in [2.24, 2.45) is 5.41 Å². The molecule has 0 aromatic heterocycles. The number of aryl methyl sites for hydroxylation is 1. The maximum Gasteiger partial charge on any atom is 0.0509 e. The van der Waals surface area contributed by atoms with Crippen molar-refractivity contribution in [3.8, 4) is 0 Å². The van der Waals surface area contributed by atoms with Gasteiger partial charge in [-0.25, -0.2) is 0 Å². The molecule has 1 heteroatoms. The van der Waals surface area contributed by atoms with E-state index in [1.54, 1.807) is 11.1 Å². The molecule has 0 saturated carbocycles. The van der Waals surface area contributed by atoms with E-state index < -0.39 is 0 Å². The molecule has 2 heterocycles. The highest BCUT2D eigenvalue weighted by molar-refractivity contribution is 5.42. The molecular formula is C25H33N. The first kappa shape index (κ1) is 17.8.